The lowest BCUT2D eigenvalue weighted by molar-refractivity contribution is -0.384. The Labute approximate surface area is 149 Å². The molecule has 0 aromatic heterocycles. The van der Waals surface area contributed by atoms with E-state index in [0.29, 0.717) is 30.6 Å². The minimum atomic E-state index is -4.52. The summed E-state index contributed by atoms with van der Waals surface area (Å²) in [6.07, 6.45) is 0.894. The highest BCUT2D eigenvalue weighted by Gasteiger charge is 2.34. The molecular formula is C14H18ClF2N3O4S. The molecule has 0 aliphatic carbocycles. The largest absolute Gasteiger partial charge is 0.383 e. The van der Waals surface area contributed by atoms with Crippen LogP contribution < -0.4 is 5.32 Å². The molecule has 2 rings (SSSR count). The van der Waals surface area contributed by atoms with Gasteiger partial charge in [0.15, 0.2) is 0 Å². The van der Waals surface area contributed by atoms with Crippen molar-refractivity contribution in [3.63, 3.8) is 0 Å². The molecule has 0 amide bonds. The Hall–Kier alpha value is -1.52. The van der Waals surface area contributed by atoms with Crippen LogP contribution in [-0.2, 0) is 10.0 Å². The topological polar surface area (TPSA) is 92.6 Å². The first-order chi connectivity index (χ1) is 11.6. The minimum absolute atomic E-state index is 0.0476. The van der Waals surface area contributed by atoms with Crippen molar-refractivity contribution in [1.82, 2.24) is 4.31 Å². The van der Waals surface area contributed by atoms with Gasteiger partial charge in [-0.05, 0) is 31.2 Å². The van der Waals surface area contributed by atoms with Gasteiger partial charge in [-0.25, -0.2) is 8.42 Å². The fraction of sp³-hybridized carbons (Fsp3) is 0.571. The van der Waals surface area contributed by atoms with E-state index in [4.69, 9.17) is 11.6 Å². The Morgan fingerprint density at radius 1 is 1.40 bits per heavy atom. The van der Waals surface area contributed by atoms with Gasteiger partial charge in [0, 0.05) is 31.8 Å². The van der Waals surface area contributed by atoms with Crippen molar-refractivity contribution in [2.75, 3.05) is 25.0 Å². The molecule has 1 fully saturated rings. The van der Waals surface area contributed by atoms with E-state index in [2.05, 4.69) is 5.32 Å². The Bertz CT molecular complexity index is 729. The number of nitro benzene ring substituents is 1. The van der Waals surface area contributed by atoms with Gasteiger partial charge in [-0.1, -0.05) is 11.6 Å². The van der Waals surface area contributed by atoms with Gasteiger partial charge >= 0.3 is 5.76 Å². The predicted molar refractivity (Wildman–Crippen MR) is 90.6 cm³/mol. The molecule has 0 radical (unpaired) electrons. The smallest absolute Gasteiger partial charge is 0.350 e. The Morgan fingerprint density at radius 3 is 2.48 bits per heavy atom. The fourth-order valence-electron chi connectivity index (χ4n) is 2.78. The number of rotatable bonds is 6. The molecule has 1 aromatic rings. The van der Waals surface area contributed by atoms with E-state index in [9.17, 15) is 27.3 Å². The quantitative estimate of drug-likeness (QED) is 0.587. The van der Waals surface area contributed by atoms with Gasteiger partial charge < -0.3 is 5.32 Å². The summed E-state index contributed by atoms with van der Waals surface area (Å²) < 4.78 is 48.8. The van der Waals surface area contributed by atoms with Gasteiger partial charge in [-0.15, -0.1) is 0 Å². The summed E-state index contributed by atoms with van der Waals surface area (Å²) in [4.78, 5) is 10.3. The third-order valence-corrected chi connectivity index (χ3v) is 6.04. The number of anilines is 1. The second-order valence-electron chi connectivity index (χ2n) is 5.91. The summed E-state index contributed by atoms with van der Waals surface area (Å²) in [5.41, 5.74) is 1.10. The number of nitrogens with zero attached hydrogens (tertiary/aromatic N) is 2. The molecule has 1 aromatic carbocycles. The molecule has 1 saturated heterocycles. The first-order valence-electron chi connectivity index (χ1n) is 7.58. The van der Waals surface area contributed by atoms with E-state index in [1.807, 2.05) is 0 Å². The normalized spacial score (nSPS) is 17.0. The number of aryl methyl sites for hydroxylation is 1. The van der Waals surface area contributed by atoms with Gasteiger partial charge in [0.25, 0.3) is 15.7 Å². The average molecular weight is 398 g/mol. The van der Waals surface area contributed by atoms with Crippen LogP contribution in [0.2, 0.25) is 5.02 Å². The number of nitrogens with one attached hydrogen (secondary N) is 1. The Kier molecular flexibility index (Phi) is 6.17. The second-order valence-corrected chi connectivity index (χ2v) is 8.22. The summed E-state index contributed by atoms with van der Waals surface area (Å²) in [5, 5.41) is 14.1. The molecule has 1 N–H and O–H groups in total. The summed E-state index contributed by atoms with van der Waals surface area (Å²) in [6.45, 7) is 2.26. The van der Waals surface area contributed by atoms with Gasteiger partial charge in [-0.3, -0.25) is 10.1 Å². The molecule has 0 atom stereocenters. The molecule has 0 unspecified atom stereocenters. The molecule has 11 heteroatoms. The van der Waals surface area contributed by atoms with Crippen molar-refractivity contribution in [1.29, 1.82) is 0 Å². The van der Waals surface area contributed by atoms with Crippen LogP contribution in [0.1, 0.15) is 18.4 Å². The number of sulfonamides is 1. The molecule has 0 bridgehead atoms. The summed E-state index contributed by atoms with van der Waals surface area (Å²) in [6, 6.07) is 2.67. The highest BCUT2D eigenvalue weighted by molar-refractivity contribution is 7.89. The molecule has 1 heterocycles. The Balaban J connectivity index is 1.95. The zero-order valence-corrected chi connectivity index (χ0v) is 15.0. The van der Waals surface area contributed by atoms with Crippen LogP contribution in [-0.4, -0.2) is 43.0 Å². The maximum Gasteiger partial charge on any atom is 0.350 e. The van der Waals surface area contributed by atoms with E-state index in [0.717, 1.165) is 4.31 Å². The van der Waals surface area contributed by atoms with Crippen LogP contribution in [0.15, 0.2) is 12.1 Å². The van der Waals surface area contributed by atoms with E-state index >= 15 is 0 Å². The number of hydrogen-bond acceptors (Lipinski definition) is 5. The first-order valence-corrected chi connectivity index (χ1v) is 9.46. The minimum Gasteiger partial charge on any atom is -0.383 e. The third-order valence-electron chi connectivity index (χ3n) is 4.21. The van der Waals surface area contributed by atoms with E-state index in [-0.39, 0.29) is 29.7 Å². The van der Waals surface area contributed by atoms with Crippen molar-refractivity contribution in [3.05, 3.63) is 32.8 Å². The van der Waals surface area contributed by atoms with Crippen molar-refractivity contribution in [3.8, 4) is 0 Å². The predicted octanol–water partition coefficient (Wildman–Crippen LogP) is 3.23. The summed E-state index contributed by atoms with van der Waals surface area (Å²) in [7, 11) is -4.52. The number of halogens is 3. The van der Waals surface area contributed by atoms with Crippen molar-refractivity contribution in [2.45, 2.75) is 25.5 Å². The lowest BCUT2D eigenvalue weighted by Crippen LogP contribution is -2.42. The van der Waals surface area contributed by atoms with E-state index in [1.165, 1.54) is 12.1 Å². The maximum atomic E-state index is 12.5. The van der Waals surface area contributed by atoms with Crippen LogP contribution in [0.4, 0.5) is 20.2 Å². The zero-order valence-electron chi connectivity index (χ0n) is 13.4. The number of benzene rings is 1. The lowest BCUT2D eigenvalue weighted by Gasteiger charge is -2.31. The molecule has 7 nitrogen and oxygen atoms in total. The van der Waals surface area contributed by atoms with Crippen molar-refractivity contribution in [2.24, 2.45) is 5.92 Å². The van der Waals surface area contributed by atoms with Crippen molar-refractivity contribution >= 4 is 33.0 Å². The zero-order chi connectivity index (χ0) is 18.8. The fourth-order valence-corrected chi connectivity index (χ4v) is 4.06. The molecule has 1 aliphatic heterocycles. The number of hydrogen-bond donors (Lipinski definition) is 1. The van der Waals surface area contributed by atoms with Gasteiger partial charge in [-0.2, -0.15) is 13.1 Å². The molecule has 1 aliphatic rings. The SMILES string of the molecule is Cc1cc([N+](=O)[O-])cc(Cl)c1NCC1CCN(S(=O)(=O)C(F)F)CC1. The lowest BCUT2D eigenvalue weighted by atomic mass is 9.98. The summed E-state index contributed by atoms with van der Waals surface area (Å²) in [5.74, 6) is -3.31. The first kappa shape index (κ1) is 19.8. The maximum absolute atomic E-state index is 12.5. The van der Waals surface area contributed by atoms with E-state index < -0.39 is 20.7 Å². The number of non-ortho nitro benzene ring substituents is 1. The highest BCUT2D eigenvalue weighted by Crippen LogP contribution is 2.31. The van der Waals surface area contributed by atoms with E-state index in [1.54, 1.807) is 6.92 Å². The monoisotopic (exact) mass is 397 g/mol. The van der Waals surface area contributed by atoms with Crippen LogP contribution in [0.5, 0.6) is 0 Å². The summed E-state index contributed by atoms with van der Waals surface area (Å²) >= 11 is 6.08. The number of nitro groups is 1. The molecule has 0 spiro atoms. The molecule has 140 valence electrons. The van der Waals surface area contributed by atoms with Gasteiger partial charge in [0.1, 0.15) is 0 Å². The van der Waals surface area contributed by atoms with Gasteiger partial charge in [0.05, 0.1) is 15.6 Å². The number of piperidine rings is 1. The van der Waals surface area contributed by atoms with Crippen LogP contribution in [0, 0.1) is 23.0 Å². The van der Waals surface area contributed by atoms with Crippen LogP contribution >= 0.6 is 11.6 Å². The highest BCUT2D eigenvalue weighted by atomic mass is 35.5. The number of alkyl halides is 2. The average Bonchev–Trinajstić information content (AvgIpc) is 2.54. The third kappa shape index (κ3) is 4.56. The standard InChI is InChI=1S/C14H18ClF2N3O4S/c1-9-6-11(20(21)22)7-12(15)13(9)18-8-10-2-4-19(5-3-10)25(23,24)14(16)17/h6-7,10,14,18H,2-5,8H2,1H3. The van der Waals surface area contributed by atoms with Gasteiger partial charge in [0.2, 0.25) is 0 Å². The van der Waals surface area contributed by atoms with Crippen LogP contribution in [0.3, 0.4) is 0 Å². The molecule has 25 heavy (non-hydrogen) atoms. The molecule has 0 saturated carbocycles. The van der Waals surface area contributed by atoms with Crippen LogP contribution in [0.25, 0.3) is 0 Å². The second kappa shape index (κ2) is 7.79. The Morgan fingerprint density at radius 2 is 2.00 bits per heavy atom. The molecular weight excluding hydrogens is 380 g/mol. The van der Waals surface area contributed by atoms with Crippen molar-refractivity contribution < 1.29 is 22.1 Å².